The van der Waals surface area contributed by atoms with E-state index in [2.05, 4.69) is 38.2 Å². The molecule has 0 radical (unpaired) electrons. The lowest BCUT2D eigenvalue weighted by Crippen LogP contribution is -2.36. The van der Waals surface area contributed by atoms with E-state index in [-0.39, 0.29) is 18.3 Å². The molecule has 0 saturated carbocycles. The van der Waals surface area contributed by atoms with Crippen LogP contribution >= 0.6 is 0 Å². The summed E-state index contributed by atoms with van der Waals surface area (Å²) >= 11 is 0. The molecule has 2 saturated heterocycles. The van der Waals surface area contributed by atoms with Gasteiger partial charge in [0.05, 0.1) is 6.26 Å². The van der Waals surface area contributed by atoms with Gasteiger partial charge in [0.15, 0.2) is 5.82 Å². The van der Waals surface area contributed by atoms with Gasteiger partial charge in [-0.25, -0.2) is 13.2 Å². The summed E-state index contributed by atoms with van der Waals surface area (Å²) in [5.41, 5.74) is 3.37. The van der Waals surface area contributed by atoms with Crippen LogP contribution in [-0.2, 0) is 21.4 Å². The molecule has 4 rings (SSSR count). The molecule has 1 amide bonds. The van der Waals surface area contributed by atoms with Crippen molar-refractivity contribution in [2.24, 2.45) is 11.8 Å². The monoisotopic (exact) mass is 504 g/mol. The second kappa shape index (κ2) is 10.2. The van der Waals surface area contributed by atoms with Gasteiger partial charge in [-0.1, -0.05) is 12.1 Å². The van der Waals surface area contributed by atoms with Crippen molar-refractivity contribution in [3.8, 4) is 0 Å². The van der Waals surface area contributed by atoms with Crippen molar-refractivity contribution in [2.45, 2.75) is 26.3 Å². The summed E-state index contributed by atoms with van der Waals surface area (Å²) in [6, 6.07) is 7.53. The molecule has 0 spiro atoms. The summed E-state index contributed by atoms with van der Waals surface area (Å²) in [7, 11) is -3.45. The molecule has 35 heavy (non-hydrogen) atoms. The quantitative estimate of drug-likeness (QED) is 0.440. The molecule has 3 heterocycles. The van der Waals surface area contributed by atoms with Gasteiger partial charge in [0.2, 0.25) is 10.0 Å². The molecule has 190 valence electrons. The molecular formula is C23H32N6O5S. The number of aryl methyl sites for hydroxylation is 1. The van der Waals surface area contributed by atoms with Crippen LogP contribution in [0.4, 0.5) is 16.3 Å². The molecule has 0 aliphatic carbocycles. The molecule has 2 atom stereocenters. The van der Waals surface area contributed by atoms with E-state index in [0.717, 1.165) is 37.1 Å². The summed E-state index contributed by atoms with van der Waals surface area (Å²) in [5, 5.41) is 16.3. The van der Waals surface area contributed by atoms with Gasteiger partial charge in [0.1, 0.15) is 0 Å². The number of aliphatic carboxylic acids is 1. The number of carboxylic acids is 1. The number of anilines is 2. The first-order valence-electron chi connectivity index (χ1n) is 11.7. The van der Waals surface area contributed by atoms with Gasteiger partial charge in [0.25, 0.3) is 0 Å². The Bertz CT molecular complexity index is 1180. The Labute approximate surface area is 205 Å². The molecule has 12 heteroatoms. The number of fused-ring (bicyclic) bond motifs is 1. The van der Waals surface area contributed by atoms with Gasteiger partial charge in [-0.2, -0.15) is 4.68 Å². The van der Waals surface area contributed by atoms with Gasteiger partial charge >= 0.3 is 12.0 Å². The Morgan fingerprint density at radius 2 is 1.86 bits per heavy atom. The molecule has 2 fully saturated rings. The molecule has 1 aromatic carbocycles. The molecule has 2 aliphatic rings. The minimum absolute atomic E-state index is 0.122. The van der Waals surface area contributed by atoms with Crippen LogP contribution in [0, 0.1) is 18.8 Å². The van der Waals surface area contributed by atoms with Gasteiger partial charge in [0, 0.05) is 63.6 Å². The molecule has 11 nitrogen and oxygen atoms in total. The van der Waals surface area contributed by atoms with Crippen LogP contribution in [0.5, 0.6) is 0 Å². The van der Waals surface area contributed by atoms with Gasteiger partial charge in [-0.05, 0) is 42.4 Å². The zero-order chi connectivity index (χ0) is 25.2. The van der Waals surface area contributed by atoms with Crippen molar-refractivity contribution < 1.29 is 23.1 Å². The fourth-order valence-electron chi connectivity index (χ4n) is 4.89. The average molecular weight is 505 g/mol. The zero-order valence-corrected chi connectivity index (χ0v) is 20.8. The molecule has 1 aromatic heterocycles. The highest BCUT2D eigenvalue weighted by atomic mass is 32.2. The molecule has 0 bridgehead atoms. The maximum Gasteiger partial charge on any atom is 0.344 e. The van der Waals surface area contributed by atoms with Crippen LogP contribution in [0.1, 0.15) is 24.0 Å². The Morgan fingerprint density at radius 3 is 2.51 bits per heavy atom. The predicted octanol–water partition coefficient (Wildman–Crippen LogP) is 1.87. The summed E-state index contributed by atoms with van der Waals surface area (Å²) in [4.78, 5) is 27.8. The lowest BCUT2D eigenvalue weighted by Gasteiger charge is -2.23. The van der Waals surface area contributed by atoms with E-state index in [9.17, 15) is 18.0 Å². The third-order valence-electron chi connectivity index (χ3n) is 6.45. The number of likely N-dealkylation sites (tertiary alicyclic amines) is 2. The highest BCUT2D eigenvalue weighted by molar-refractivity contribution is 7.92. The number of benzene rings is 1. The zero-order valence-electron chi connectivity index (χ0n) is 20.0. The first kappa shape index (κ1) is 25.0. The normalized spacial score (nSPS) is 20.1. The number of sulfonamides is 1. The van der Waals surface area contributed by atoms with Crippen molar-refractivity contribution in [1.82, 2.24) is 19.6 Å². The van der Waals surface area contributed by atoms with Crippen LogP contribution in [-0.4, -0.2) is 84.1 Å². The van der Waals surface area contributed by atoms with Gasteiger partial charge in [-0.15, -0.1) is 5.10 Å². The maximum absolute atomic E-state index is 12.9. The second-order valence-corrected chi connectivity index (χ2v) is 11.3. The van der Waals surface area contributed by atoms with Gasteiger partial charge < -0.3 is 15.3 Å². The van der Waals surface area contributed by atoms with Crippen molar-refractivity contribution in [3.63, 3.8) is 0 Å². The number of amides is 1. The summed E-state index contributed by atoms with van der Waals surface area (Å²) < 4.78 is 26.2. The number of rotatable bonds is 9. The Hall–Kier alpha value is -3.12. The van der Waals surface area contributed by atoms with E-state index in [0.29, 0.717) is 37.9 Å². The third-order valence-corrected chi connectivity index (χ3v) is 7.03. The number of nitrogens with zero attached hydrogens (tertiary/aromatic N) is 4. The van der Waals surface area contributed by atoms with E-state index in [1.165, 1.54) is 22.5 Å². The predicted molar refractivity (Wildman–Crippen MR) is 132 cm³/mol. The molecule has 3 N–H and O–H groups in total. The SMILES string of the molecule is Cc1ccc(CN2CC3CN(C(=O)n4ccc(NS(C)(=O)=O)n4)CC3C2)c(NCCCC(=O)O)c1. The second-order valence-electron chi connectivity index (χ2n) is 9.51. The number of carbonyl (C=O) groups excluding carboxylic acids is 1. The Balaban J connectivity index is 1.31. The molecule has 2 aliphatic heterocycles. The van der Waals surface area contributed by atoms with E-state index in [4.69, 9.17) is 5.11 Å². The van der Waals surface area contributed by atoms with Crippen LogP contribution in [0.15, 0.2) is 30.5 Å². The third kappa shape index (κ3) is 6.51. The lowest BCUT2D eigenvalue weighted by molar-refractivity contribution is -0.137. The van der Waals surface area contributed by atoms with Crippen molar-refractivity contribution in [2.75, 3.05) is 49.0 Å². The number of aromatic nitrogens is 2. The number of nitrogens with one attached hydrogen (secondary N) is 2. The van der Waals surface area contributed by atoms with E-state index < -0.39 is 16.0 Å². The smallest absolute Gasteiger partial charge is 0.344 e. The van der Waals surface area contributed by atoms with Crippen LogP contribution in [0.3, 0.4) is 0 Å². The van der Waals surface area contributed by atoms with Crippen molar-refractivity contribution in [1.29, 1.82) is 0 Å². The maximum atomic E-state index is 12.9. The minimum atomic E-state index is -3.45. The fraction of sp³-hybridized carbons (Fsp3) is 0.522. The van der Waals surface area contributed by atoms with E-state index in [1.807, 2.05) is 6.92 Å². The average Bonchev–Trinajstić information content (AvgIpc) is 3.46. The summed E-state index contributed by atoms with van der Waals surface area (Å²) in [5.74, 6) is 0.0870. The number of carboxylic acid groups (broad SMARTS) is 1. The summed E-state index contributed by atoms with van der Waals surface area (Å²) in [6.45, 7) is 6.51. The Morgan fingerprint density at radius 1 is 1.14 bits per heavy atom. The van der Waals surface area contributed by atoms with E-state index in [1.54, 1.807) is 4.90 Å². The van der Waals surface area contributed by atoms with Crippen molar-refractivity contribution >= 4 is 33.5 Å². The number of hydrogen-bond donors (Lipinski definition) is 3. The lowest BCUT2D eigenvalue weighted by atomic mass is 10.0. The topological polar surface area (TPSA) is 137 Å². The highest BCUT2D eigenvalue weighted by Crippen LogP contribution is 2.33. The first-order valence-corrected chi connectivity index (χ1v) is 13.6. The minimum Gasteiger partial charge on any atom is -0.481 e. The molecular weight excluding hydrogens is 472 g/mol. The fourth-order valence-corrected chi connectivity index (χ4v) is 5.38. The first-order chi connectivity index (χ1) is 16.6. The largest absolute Gasteiger partial charge is 0.481 e. The van der Waals surface area contributed by atoms with Crippen LogP contribution in [0.2, 0.25) is 0 Å². The van der Waals surface area contributed by atoms with Crippen LogP contribution in [0.25, 0.3) is 0 Å². The summed E-state index contributed by atoms with van der Waals surface area (Å²) in [6.07, 6.45) is 3.23. The molecule has 2 unspecified atom stereocenters. The standard InChI is InChI=1S/C23H32N6O5S/c1-16-5-6-17(20(10-16)24-8-3-4-22(30)31)11-27-12-18-14-28(15-19(18)13-27)23(32)29-9-7-21(25-29)26-35(2,33)34/h5-7,9-10,18-19,24H,3-4,8,11-15H2,1-2H3,(H,25,26)(H,30,31). The Kier molecular flexibility index (Phi) is 7.31. The highest BCUT2D eigenvalue weighted by Gasteiger charge is 2.42. The van der Waals surface area contributed by atoms with Gasteiger partial charge in [-0.3, -0.25) is 14.4 Å². The number of carbonyl (C=O) groups is 2. The van der Waals surface area contributed by atoms with Crippen LogP contribution < -0.4 is 10.0 Å². The molecule has 2 aromatic rings. The number of hydrogen-bond acceptors (Lipinski definition) is 7. The van der Waals surface area contributed by atoms with E-state index >= 15 is 0 Å². The van der Waals surface area contributed by atoms with Crippen molar-refractivity contribution in [3.05, 3.63) is 41.6 Å².